The van der Waals surface area contributed by atoms with E-state index < -0.39 is 0 Å². The van der Waals surface area contributed by atoms with Crippen LogP contribution in [0.1, 0.15) is 32.6 Å². The Kier molecular flexibility index (Phi) is 7.83. The molecule has 0 saturated heterocycles. The van der Waals surface area contributed by atoms with Crippen molar-refractivity contribution in [3.05, 3.63) is 0 Å². The Balaban J connectivity index is 2.88. The Morgan fingerprint density at radius 2 is 2.00 bits per heavy atom. The van der Waals surface area contributed by atoms with E-state index in [1.165, 1.54) is 25.7 Å². The first kappa shape index (κ1) is 9.96. The summed E-state index contributed by atoms with van der Waals surface area (Å²) >= 11 is 7.00. The van der Waals surface area contributed by atoms with Crippen LogP contribution in [-0.2, 0) is 0 Å². The fraction of sp³-hybridized carbons (Fsp3) is 1.00. The summed E-state index contributed by atoms with van der Waals surface area (Å²) in [5.41, 5.74) is 0. The summed E-state index contributed by atoms with van der Waals surface area (Å²) in [4.78, 5) is 0.747. The molecule has 0 aromatic carbocycles. The van der Waals surface area contributed by atoms with Crippen LogP contribution in [-0.4, -0.2) is 10.2 Å². The smallest absolute Gasteiger partial charge is 0.0143 e. The van der Waals surface area contributed by atoms with Crippen molar-refractivity contribution in [3.63, 3.8) is 0 Å². The highest BCUT2D eigenvalue weighted by atomic mass is 79.9. The molecule has 0 bridgehead atoms. The number of alkyl halides is 2. The van der Waals surface area contributed by atoms with Gasteiger partial charge in [-0.15, -0.1) is 0 Å². The van der Waals surface area contributed by atoms with E-state index in [0.29, 0.717) is 0 Å². The molecule has 2 heteroatoms. The van der Waals surface area contributed by atoms with Gasteiger partial charge in [0, 0.05) is 10.2 Å². The van der Waals surface area contributed by atoms with Gasteiger partial charge in [0.05, 0.1) is 0 Å². The molecule has 0 aliphatic rings. The van der Waals surface area contributed by atoms with E-state index >= 15 is 0 Å². The normalized spacial score (nSPS) is 13.7. The topological polar surface area (TPSA) is 0 Å². The molecule has 56 valence electrons. The number of halogens is 2. The first-order valence-electron chi connectivity index (χ1n) is 3.51. The molecule has 0 aromatic rings. The third-order valence-corrected chi connectivity index (χ3v) is 3.01. The molecule has 0 aromatic heterocycles. The Morgan fingerprint density at radius 1 is 1.33 bits per heavy atom. The van der Waals surface area contributed by atoms with Gasteiger partial charge in [0.25, 0.3) is 0 Å². The second-order valence-electron chi connectivity index (χ2n) is 2.19. The molecule has 0 rings (SSSR count). The van der Waals surface area contributed by atoms with Gasteiger partial charge in [0.1, 0.15) is 0 Å². The lowest BCUT2D eigenvalue weighted by molar-refractivity contribution is 0.683. The van der Waals surface area contributed by atoms with Crippen molar-refractivity contribution < 1.29 is 0 Å². The molecule has 0 saturated carbocycles. The van der Waals surface area contributed by atoms with Crippen LogP contribution in [0.15, 0.2) is 0 Å². The average Bonchev–Trinajstić information content (AvgIpc) is 1.89. The molecule has 0 heterocycles. The van der Waals surface area contributed by atoms with Crippen LogP contribution >= 0.6 is 31.9 Å². The zero-order valence-electron chi connectivity index (χ0n) is 5.87. The lowest BCUT2D eigenvalue weighted by atomic mass is 10.2. The maximum absolute atomic E-state index is 3.59. The zero-order chi connectivity index (χ0) is 7.11. The van der Waals surface area contributed by atoms with Crippen LogP contribution in [0.25, 0.3) is 0 Å². The fourth-order valence-electron chi connectivity index (χ4n) is 0.664. The van der Waals surface area contributed by atoms with E-state index in [-0.39, 0.29) is 0 Å². The summed E-state index contributed by atoms with van der Waals surface area (Å²) in [6.07, 6.45) is 5.22. The van der Waals surface area contributed by atoms with Gasteiger partial charge in [-0.25, -0.2) is 0 Å². The van der Waals surface area contributed by atoms with E-state index in [0.717, 1.165) is 10.2 Å². The Bertz CT molecular complexity index is 54.9. The summed E-state index contributed by atoms with van der Waals surface area (Å²) in [7, 11) is 0. The second-order valence-corrected chi connectivity index (χ2v) is 4.28. The second kappa shape index (κ2) is 7.07. The SMILES string of the molecule is CCC(Br)CCCCBr. The van der Waals surface area contributed by atoms with Crippen LogP contribution < -0.4 is 0 Å². The first-order chi connectivity index (χ1) is 4.31. The van der Waals surface area contributed by atoms with E-state index in [4.69, 9.17) is 0 Å². The molecule has 0 nitrogen and oxygen atoms in total. The Hall–Kier alpha value is 0.960. The van der Waals surface area contributed by atoms with Crippen molar-refractivity contribution in [2.45, 2.75) is 37.4 Å². The molecule has 0 aliphatic heterocycles. The Morgan fingerprint density at radius 3 is 2.44 bits per heavy atom. The van der Waals surface area contributed by atoms with Gasteiger partial charge in [-0.3, -0.25) is 0 Å². The zero-order valence-corrected chi connectivity index (χ0v) is 9.04. The van der Waals surface area contributed by atoms with Crippen molar-refractivity contribution >= 4 is 31.9 Å². The molecule has 9 heavy (non-hydrogen) atoms. The van der Waals surface area contributed by atoms with Crippen molar-refractivity contribution in [2.75, 3.05) is 5.33 Å². The summed E-state index contributed by atoms with van der Waals surface area (Å²) in [5, 5.41) is 1.15. The lowest BCUT2D eigenvalue weighted by Gasteiger charge is -2.03. The number of hydrogen-bond donors (Lipinski definition) is 0. The molecule has 0 aliphatic carbocycles. The average molecular weight is 258 g/mol. The molecule has 0 radical (unpaired) electrons. The summed E-state index contributed by atoms with van der Waals surface area (Å²) in [6, 6.07) is 0. The van der Waals surface area contributed by atoms with E-state index in [9.17, 15) is 0 Å². The van der Waals surface area contributed by atoms with Crippen molar-refractivity contribution in [3.8, 4) is 0 Å². The van der Waals surface area contributed by atoms with Gasteiger partial charge < -0.3 is 0 Å². The minimum Gasteiger partial charge on any atom is -0.0928 e. The van der Waals surface area contributed by atoms with Gasteiger partial charge in [-0.1, -0.05) is 45.2 Å². The van der Waals surface area contributed by atoms with E-state index in [1.54, 1.807) is 0 Å². The van der Waals surface area contributed by atoms with Crippen LogP contribution in [0, 0.1) is 0 Å². The molecule has 0 N–H and O–H groups in total. The van der Waals surface area contributed by atoms with E-state index in [1.807, 2.05) is 0 Å². The van der Waals surface area contributed by atoms with Gasteiger partial charge in [-0.2, -0.15) is 0 Å². The number of hydrogen-bond acceptors (Lipinski definition) is 0. The molecule has 1 unspecified atom stereocenters. The monoisotopic (exact) mass is 256 g/mol. The maximum Gasteiger partial charge on any atom is 0.0143 e. The standard InChI is InChI=1S/C7H14Br2/c1-2-7(9)5-3-4-6-8/h7H,2-6H2,1H3. The van der Waals surface area contributed by atoms with Gasteiger partial charge in [0.2, 0.25) is 0 Å². The summed E-state index contributed by atoms with van der Waals surface area (Å²) < 4.78 is 0. The first-order valence-corrected chi connectivity index (χ1v) is 5.55. The largest absolute Gasteiger partial charge is 0.0928 e. The fourth-order valence-corrected chi connectivity index (χ4v) is 1.38. The number of rotatable bonds is 5. The van der Waals surface area contributed by atoms with Gasteiger partial charge in [0.15, 0.2) is 0 Å². The van der Waals surface area contributed by atoms with Crippen LogP contribution in [0.5, 0.6) is 0 Å². The van der Waals surface area contributed by atoms with Gasteiger partial charge >= 0.3 is 0 Å². The highest BCUT2D eigenvalue weighted by Crippen LogP contribution is 2.13. The molecule has 0 spiro atoms. The highest BCUT2D eigenvalue weighted by Gasteiger charge is 1.98. The molecule has 0 fully saturated rings. The van der Waals surface area contributed by atoms with Gasteiger partial charge in [-0.05, 0) is 19.3 Å². The Labute approximate surface area is 74.7 Å². The molecular formula is C7H14Br2. The van der Waals surface area contributed by atoms with E-state index in [2.05, 4.69) is 38.8 Å². The minimum absolute atomic E-state index is 0.747. The quantitative estimate of drug-likeness (QED) is 0.520. The molecule has 1 atom stereocenters. The van der Waals surface area contributed by atoms with Crippen molar-refractivity contribution in [2.24, 2.45) is 0 Å². The predicted molar refractivity (Wildman–Crippen MR) is 50.7 cm³/mol. The summed E-state index contributed by atoms with van der Waals surface area (Å²) in [5.74, 6) is 0. The summed E-state index contributed by atoms with van der Waals surface area (Å²) in [6.45, 7) is 2.22. The highest BCUT2D eigenvalue weighted by molar-refractivity contribution is 9.09. The van der Waals surface area contributed by atoms with Crippen LogP contribution in [0.4, 0.5) is 0 Å². The molecular weight excluding hydrogens is 244 g/mol. The van der Waals surface area contributed by atoms with Crippen molar-refractivity contribution in [1.82, 2.24) is 0 Å². The third-order valence-electron chi connectivity index (χ3n) is 1.34. The lowest BCUT2D eigenvalue weighted by Crippen LogP contribution is -1.94. The third kappa shape index (κ3) is 6.85. The number of unbranched alkanes of at least 4 members (excludes halogenated alkanes) is 1. The van der Waals surface area contributed by atoms with Crippen LogP contribution in [0.3, 0.4) is 0 Å². The molecule has 0 amide bonds. The maximum atomic E-state index is 3.59. The predicted octanol–water partition coefficient (Wildman–Crippen LogP) is 3.73. The van der Waals surface area contributed by atoms with Crippen LogP contribution in [0.2, 0.25) is 0 Å². The van der Waals surface area contributed by atoms with Crippen molar-refractivity contribution in [1.29, 1.82) is 0 Å². The minimum atomic E-state index is 0.747.